The summed E-state index contributed by atoms with van der Waals surface area (Å²) >= 11 is 0. The van der Waals surface area contributed by atoms with Gasteiger partial charge < -0.3 is 5.32 Å². The zero-order chi connectivity index (χ0) is 14.8. The Morgan fingerprint density at radius 3 is 2.39 bits per heavy atom. The predicted molar refractivity (Wildman–Crippen MR) is 97.4 cm³/mol. The molecule has 0 saturated heterocycles. The second-order valence-corrected chi connectivity index (χ2v) is 5.19. The molecule has 0 unspecified atom stereocenters. The lowest BCUT2D eigenvalue weighted by atomic mass is 10.2. The maximum Gasteiger partial charge on any atom is 0.328 e. The van der Waals surface area contributed by atoms with Crippen LogP contribution in [0.4, 0.5) is 0 Å². The van der Waals surface area contributed by atoms with E-state index in [1.54, 1.807) is 29.4 Å². The van der Waals surface area contributed by atoms with E-state index in [1.807, 2.05) is 24.4 Å². The fraction of sp³-hybridized carbons (Fsp3) is 0.250. The van der Waals surface area contributed by atoms with Crippen LogP contribution >= 0.6 is 24.8 Å². The maximum atomic E-state index is 11.9. The minimum Gasteiger partial charge on any atom is -0.309 e. The molecular formula is C16H20Cl2N4O. The zero-order valence-electron chi connectivity index (χ0n) is 13.0. The van der Waals surface area contributed by atoms with Crippen LogP contribution in [0.1, 0.15) is 11.1 Å². The van der Waals surface area contributed by atoms with Crippen molar-refractivity contribution >= 4 is 35.8 Å². The van der Waals surface area contributed by atoms with E-state index in [2.05, 4.69) is 22.4 Å². The first-order valence-corrected chi connectivity index (χ1v) is 6.91. The van der Waals surface area contributed by atoms with Crippen molar-refractivity contribution in [3.8, 4) is 0 Å². The van der Waals surface area contributed by atoms with E-state index >= 15 is 0 Å². The molecule has 2 aromatic heterocycles. The summed E-state index contributed by atoms with van der Waals surface area (Å²) in [6.07, 6.45) is 3.63. The Morgan fingerprint density at radius 1 is 1.00 bits per heavy atom. The highest BCUT2D eigenvalue weighted by Crippen LogP contribution is 2.14. The number of hydrogen-bond donors (Lipinski definition) is 1. The van der Waals surface area contributed by atoms with E-state index in [0.29, 0.717) is 0 Å². The van der Waals surface area contributed by atoms with Crippen LogP contribution in [0.3, 0.4) is 0 Å². The summed E-state index contributed by atoms with van der Waals surface area (Å²) in [4.78, 5) is 16.0. The average Bonchev–Trinajstić information content (AvgIpc) is 2.73. The Bertz CT molecular complexity index is 827. The molecule has 0 aliphatic rings. The standard InChI is InChI=1S/C16H18N4O.2ClH/c1-19-14-6-5-12(8-15(14)20(2)16(19)21)9-18-11-13-4-3-7-17-10-13;;/h3-8,10,18H,9,11H2,1-2H3;2*1H. The lowest BCUT2D eigenvalue weighted by Gasteiger charge is -2.05. The molecule has 0 saturated carbocycles. The van der Waals surface area contributed by atoms with Gasteiger partial charge in [0.15, 0.2) is 0 Å². The summed E-state index contributed by atoms with van der Waals surface area (Å²) < 4.78 is 3.35. The van der Waals surface area contributed by atoms with Gasteiger partial charge in [0.1, 0.15) is 0 Å². The third-order valence-electron chi connectivity index (χ3n) is 3.72. The van der Waals surface area contributed by atoms with Gasteiger partial charge in [-0.3, -0.25) is 14.1 Å². The first-order valence-electron chi connectivity index (χ1n) is 6.91. The minimum absolute atomic E-state index is 0. The smallest absolute Gasteiger partial charge is 0.309 e. The fourth-order valence-corrected chi connectivity index (χ4v) is 2.52. The second-order valence-electron chi connectivity index (χ2n) is 5.19. The number of benzene rings is 1. The summed E-state index contributed by atoms with van der Waals surface area (Å²) in [5, 5.41) is 3.39. The topological polar surface area (TPSA) is 51.9 Å². The number of aryl methyl sites for hydroxylation is 2. The van der Waals surface area contributed by atoms with E-state index < -0.39 is 0 Å². The molecule has 1 N–H and O–H groups in total. The van der Waals surface area contributed by atoms with E-state index in [0.717, 1.165) is 35.2 Å². The zero-order valence-corrected chi connectivity index (χ0v) is 14.7. The van der Waals surface area contributed by atoms with E-state index in [4.69, 9.17) is 0 Å². The number of imidazole rings is 1. The Balaban J connectivity index is 0.00000132. The highest BCUT2D eigenvalue weighted by molar-refractivity contribution is 5.85. The summed E-state index contributed by atoms with van der Waals surface area (Å²) in [6.45, 7) is 1.54. The van der Waals surface area contributed by atoms with Gasteiger partial charge in [0, 0.05) is 39.6 Å². The number of aromatic nitrogens is 3. The van der Waals surface area contributed by atoms with E-state index in [-0.39, 0.29) is 30.5 Å². The molecule has 1 aromatic carbocycles. The quantitative estimate of drug-likeness (QED) is 0.782. The van der Waals surface area contributed by atoms with Gasteiger partial charge in [-0.05, 0) is 29.3 Å². The van der Waals surface area contributed by atoms with Gasteiger partial charge in [0.05, 0.1) is 11.0 Å². The first-order chi connectivity index (χ1) is 10.2. The Kier molecular flexibility index (Phi) is 6.81. The fourth-order valence-electron chi connectivity index (χ4n) is 2.52. The molecule has 23 heavy (non-hydrogen) atoms. The van der Waals surface area contributed by atoms with Crippen molar-refractivity contribution in [3.63, 3.8) is 0 Å². The predicted octanol–water partition coefficient (Wildman–Crippen LogP) is 2.41. The molecule has 0 fully saturated rings. The Hall–Kier alpha value is -1.82. The SMILES string of the molecule is Cl.Cl.Cn1c(=O)n(C)c2cc(CNCc3cccnc3)ccc21. The van der Waals surface area contributed by atoms with Gasteiger partial charge >= 0.3 is 5.69 Å². The van der Waals surface area contributed by atoms with Crippen molar-refractivity contribution in [1.29, 1.82) is 0 Å². The van der Waals surface area contributed by atoms with Crippen molar-refractivity contribution in [2.45, 2.75) is 13.1 Å². The van der Waals surface area contributed by atoms with Crippen molar-refractivity contribution in [3.05, 3.63) is 64.3 Å². The lowest BCUT2D eigenvalue weighted by Crippen LogP contribution is -2.19. The number of halogens is 2. The van der Waals surface area contributed by atoms with E-state index in [9.17, 15) is 4.79 Å². The summed E-state index contributed by atoms with van der Waals surface area (Å²) in [5.74, 6) is 0. The molecule has 0 aliphatic heterocycles. The molecule has 0 atom stereocenters. The number of hydrogen-bond acceptors (Lipinski definition) is 3. The minimum atomic E-state index is 0. The van der Waals surface area contributed by atoms with Gasteiger partial charge in [-0.2, -0.15) is 0 Å². The molecule has 7 heteroatoms. The molecule has 0 amide bonds. The van der Waals surface area contributed by atoms with Gasteiger partial charge in [-0.25, -0.2) is 4.79 Å². The van der Waals surface area contributed by atoms with Gasteiger partial charge in [-0.15, -0.1) is 24.8 Å². The van der Waals surface area contributed by atoms with Crippen LogP contribution in [0, 0.1) is 0 Å². The second kappa shape index (κ2) is 8.15. The van der Waals surface area contributed by atoms with E-state index in [1.165, 1.54) is 0 Å². The molecule has 0 aliphatic carbocycles. The normalized spacial score (nSPS) is 10.2. The van der Waals surface area contributed by atoms with Crippen LogP contribution in [0.5, 0.6) is 0 Å². The molecule has 0 bridgehead atoms. The van der Waals surface area contributed by atoms with Crippen LogP contribution in [0.25, 0.3) is 11.0 Å². The summed E-state index contributed by atoms with van der Waals surface area (Å²) in [6, 6.07) is 10.1. The Morgan fingerprint density at radius 2 is 1.70 bits per heavy atom. The van der Waals surface area contributed by atoms with Gasteiger partial charge in [-0.1, -0.05) is 12.1 Å². The molecule has 0 spiro atoms. The number of fused-ring (bicyclic) bond motifs is 1. The highest BCUT2D eigenvalue weighted by Gasteiger charge is 2.07. The van der Waals surface area contributed by atoms with Crippen LogP contribution in [-0.2, 0) is 27.2 Å². The van der Waals surface area contributed by atoms with Crippen LogP contribution < -0.4 is 11.0 Å². The van der Waals surface area contributed by atoms with Crippen LogP contribution in [-0.4, -0.2) is 14.1 Å². The molecule has 3 aromatic rings. The molecule has 0 radical (unpaired) electrons. The Labute approximate surface area is 147 Å². The third kappa shape index (κ3) is 3.93. The molecule has 124 valence electrons. The number of nitrogens with zero attached hydrogens (tertiary/aromatic N) is 3. The number of rotatable bonds is 4. The summed E-state index contributed by atoms with van der Waals surface area (Å²) in [5.41, 5.74) is 4.24. The number of nitrogens with one attached hydrogen (secondary N) is 1. The highest BCUT2D eigenvalue weighted by atomic mass is 35.5. The molecule has 5 nitrogen and oxygen atoms in total. The monoisotopic (exact) mass is 354 g/mol. The largest absolute Gasteiger partial charge is 0.328 e. The third-order valence-corrected chi connectivity index (χ3v) is 3.72. The van der Waals surface area contributed by atoms with Gasteiger partial charge in [0.2, 0.25) is 0 Å². The lowest BCUT2D eigenvalue weighted by molar-refractivity contribution is 0.691. The van der Waals surface area contributed by atoms with Gasteiger partial charge in [0.25, 0.3) is 0 Å². The summed E-state index contributed by atoms with van der Waals surface area (Å²) in [7, 11) is 3.60. The van der Waals surface area contributed by atoms with Crippen molar-refractivity contribution in [2.24, 2.45) is 14.1 Å². The van der Waals surface area contributed by atoms with Crippen molar-refractivity contribution in [2.75, 3.05) is 0 Å². The molecule has 2 heterocycles. The number of pyridine rings is 1. The first kappa shape index (κ1) is 19.2. The maximum absolute atomic E-state index is 11.9. The molecule has 3 rings (SSSR count). The van der Waals surface area contributed by atoms with Crippen molar-refractivity contribution in [1.82, 2.24) is 19.4 Å². The van der Waals surface area contributed by atoms with Crippen LogP contribution in [0.2, 0.25) is 0 Å². The van der Waals surface area contributed by atoms with Crippen molar-refractivity contribution < 1.29 is 0 Å². The molecular weight excluding hydrogens is 335 g/mol. The van der Waals surface area contributed by atoms with Crippen LogP contribution in [0.15, 0.2) is 47.5 Å². The average molecular weight is 355 g/mol.